The number of ether oxygens (including phenoxy) is 3. The lowest BCUT2D eigenvalue weighted by atomic mass is 10.0. The minimum atomic E-state index is -0.474. The molecule has 0 aromatic heterocycles. The second kappa shape index (κ2) is 36.2. The lowest BCUT2D eigenvalue weighted by Crippen LogP contribution is -2.20. The van der Waals surface area contributed by atoms with Crippen LogP contribution in [0.2, 0.25) is 0 Å². The average molecular weight is 718 g/mol. The maximum Gasteiger partial charge on any atom is 0.317 e. The standard InChI is InChI=1S/C44H79NO6/c1-45(2)37-33-36-42(46)51-41-34-29-25-21-17-13-9-5-3-7-11-15-19-23-27-31-38-49-43(47)40-44(48)50-39-32-28-24-20-16-12-8-4-6-10-14-18-22-26-30-35-41/h3-4,7-8,41H,5-6,9-40H2,1-2H3. The molecule has 0 atom stereocenters. The van der Waals surface area contributed by atoms with Crippen LogP contribution in [0.3, 0.4) is 0 Å². The molecule has 1 heterocycles. The van der Waals surface area contributed by atoms with Crippen molar-refractivity contribution >= 4 is 17.9 Å². The third-order valence-corrected chi connectivity index (χ3v) is 9.76. The molecular weight excluding hydrogens is 638 g/mol. The molecule has 1 aliphatic rings. The van der Waals surface area contributed by atoms with E-state index in [4.69, 9.17) is 14.2 Å². The van der Waals surface area contributed by atoms with E-state index in [1.54, 1.807) is 0 Å². The molecule has 0 amide bonds. The number of carbonyl (C=O) groups is 3. The molecule has 0 unspecified atom stereocenters. The Bertz CT molecular complexity index is 829. The quantitative estimate of drug-likeness (QED) is 0.121. The number of allylic oxidation sites excluding steroid dienone is 4. The highest BCUT2D eigenvalue weighted by Gasteiger charge is 2.15. The molecule has 1 rings (SSSR count). The van der Waals surface area contributed by atoms with Gasteiger partial charge in [0.1, 0.15) is 12.5 Å². The molecule has 0 saturated heterocycles. The Morgan fingerprint density at radius 3 is 1.31 bits per heavy atom. The normalized spacial score (nSPS) is 22.0. The molecule has 0 aromatic rings. The first-order valence-corrected chi connectivity index (χ1v) is 21.4. The molecule has 7 heteroatoms. The summed E-state index contributed by atoms with van der Waals surface area (Å²) in [5.74, 6) is -0.961. The lowest BCUT2D eigenvalue weighted by Gasteiger charge is -2.18. The van der Waals surface area contributed by atoms with Gasteiger partial charge in [0.15, 0.2) is 0 Å². The van der Waals surface area contributed by atoms with Gasteiger partial charge in [-0.05, 0) is 117 Å². The van der Waals surface area contributed by atoms with Crippen LogP contribution in [0.1, 0.15) is 199 Å². The lowest BCUT2D eigenvalue weighted by molar-refractivity contribution is -0.155. The van der Waals surface area contributed by atoms with Crippen molar-refractivity contribution in [3.8, 4) is 0 Å². The van der Waals surface area contributed by atoms with Crippen LogP contribution in [-0.4, -0.2) is 62.8 Å². The molecule has 296 valence electrons. The van der Waals surface area contributed by atoms with E-state index in [0.29, 0.717) is 19.6 Å². The molecule has 0 radical (unpaired) electrons. The number of nitrogens with zero attached hydrogens (tertiary/aromatic N) is 1. The minimum Gasteiger partial charge on any atom is -0.465 e. The zero-order chi connectivity index (χ0) is 36.9. The zero-order valence-corrected chi connectivity index (χ0v) is 33.3. The van der Waals surface area contributed by atoms with Gasteiger partial charge in [0, 0.05) is 6.42 Å². The van der Waals surface area contributed by atoms with Crippen molar-refractivity contribution in [3.63, 3.8) is 0 Å². The molecule has 1 aliphatic heterocycles. The number of esters is 3. The molecule has 51 heavy (non-hydrogen) atoms. The van der Waals surface area contributed by atoms with Gasteiger partial charge in [0.05, 0.1) is 13.2 Å². The van der Waals surface area contributed by atoms with E-state index in [0.717, 1.165) is 90.0 Å². The van der Waals surface area contributed by atoms with Gasteiger partial charge < -0.3 is 19.1 Å². The first-order chi connectivity index (χ1) is 25.0. The van der Waals surface area contributed by atoms with Crippen LogP contribution < -0.4 is 0 Å². The van der Waals surface area contributed by atoms with E-state index in [-0.39, 0.29) is 18.5 Å². The third-order valence-electron chi connectivity index (χ3n) is 9.76. The Morgan fingerprint density at radius 2 is 0.922 bits per heavy atom. The molecule has 0 aliphatic carbocycles. The predicted octanol–water partition coefficient (Wildman–Crippen LogP) is 11.8. The van der Waals surface area contributed by atoms with E-state index in [1.165, 1.54) is 103 Å². The van der Waals surface area contributed by atoms with Crippen LogP contribution in [-0.2, 0) is 28.6 Å². The van der Waals surface area contributed by atoms with Crippen molar-refractivity contribution in [1.82, 2.24) is 4.90 Å². The Kier molecular flexibility index (Phi) is 33.3. The summed E-state index contributed by atoms with van der Waals surface area (Å²) in [5, 5.41) is 0. The molecule has 0 spiro atoms. The SMILES string of the molecule is CN(C)CCCC(=O)OC1CCCCCCCCC=CCCCCCCCOC(=O)CC(=O)OCCCCCCCC=CCCCCCCCC1. The summed E-state index contributed by atoms with van der Waals surface area (Å²) in [6.07, 6.45) is 43.0. The first-order valence-electron chi connectivity index (χ1n) is 21.4. The van der Waals surface area contributed by atoms with Gasteiger partial charge in [-0.1, -0.05) is 114 Å². The third kappa shape index (κ3) is 34.7. The Labute approximate surface area is 314 Å². The Hall–Kier alpha value is -2.15. The van der Waals surface area contributed by atoms with Crippen LogP contribution in [0.15, 0.2) is 24.3 Å². The predicted molar refractivity (Wildman–Crippen MR) is 212 cm³/mol. The maximum atomic E-state index is 12.6. The maximum absolute atomic E-state index is 12.6. The van der Waals surface area contributed by atoms with E-state index in [2.05, 4.69) is 29.2 Å². The van der Waals surface area contributed by atoms with E-state index < -0.39 is 11.9 Å². The highest BCUT2D eigenvalue weighted by atomic mass is 16.6. The molecule has 0 N–H and O–H groups in total. The second-order valence-electron chi connectivity index (χ2n) is 15.1. The van der Waals surface area contributed by atoms with Crippen molar-refractivity contribution in [3.05, 3.63) is 24.3 Å². The van der Waals surface area contributed by atoms with Crippen molar-refractivity contribution in [2.75, 3.05) is 33.9 Å². The van der Waals surface area contributed by atoms with Crippen LogP contribution in [0.4, 0.5) is 0 Å². The fraction of sp³-hybridized carbons (Fsp3) is 0.841. The average Bonchev–Trinajstić information content (AvgIpc) is 3.09. The summed E-state index contributed by atoms with van der Waals surface area (Å²) in [7, 11) is 4.10. The van der Waals surface area contributed by atoms with Gasteiger partial charge in [0.2, 0.25) is 0 Å². The summed E-state index contributed by atoms with van der Waals surface area (Å²) < 4.78 is 16.5. The summed E-state index contributed by atoms with van der Waals surface area (Å²) in [5.41, 5.74) is 0. The molecule has 7 nitrogen and oxygen atoms in total. The smallest absolute Gasteiger partial charge is 0.317 e. The minimum absolute atomic E-state index is 0.0119. The molecule has 0 fully saturated rings. The summed E-state index contributed by atoms with van der Waals surface area (Å²) in [6.45, 7) is 1.69. The van der Waals surface area contributed by atoms with Crippen molar-refractivity contribution in [2.45, 2.75) is 205 Å². The molecule has 0 saturated carbocycles. The molecular formula is C44H79NO6. The van der Waals surface area contributed by atoms with E-state index in [1.807, 2.05) is 14.1 Å². The number of cyclic esters (lactones) is 2. The molecule has 0 aromatic carbocycles. The number of rotatable bonds is 5. The van der Waals surface area contributed by atoms with E-state index in [9.17, 15) is 14.4 Å². The van der Waals surface area contributed by atoms with Gasteiger partial charge in [-0.3, -0.25) is 14.4 Å². The highest BCUT2D eigenvalue weighted by molar-refractivity contribution is 5.91. The Balaban J connectivity index is 2.39. The summed E-state index contributed by atoms with van der Waals surface area (Å²) >= 11 is 0. The summed E-state index contributed by atoms with van der Waals surface area (Å²) in [4.78, 5) is 38.5. The van der Waals surface area contributed by atoms with Gasteiger partial charge >= 0.3 is 17.9 Å². The summed E-state index contributed by atoms with van der Waals surface area (Å²) in [6, 6.07) is 0. The number of carbonyl (C=O) groups excluding carboxylic acids is 3. The van der Waals surface area contributed by atoms with Gasteiger partial charge in [-0.25, -0.2) is 0 Å². The zero-order valence-electron chi connectivity index (χ0n) is 33.3. The number of hydrogen-bond donors (Lipinski definition) is 0. The largest absolute Gasteiger partial charge is 0.465 e. The second-order valence-corrected chi connectivity index (χ2v) is 15.1. The van der Waals surface area contributed by atoms with Gasteiger partial charge in [0.25, 0.3) is 0 Å². The topological polar surface area (TPSA) is 82.1 Å². The Morgan fingerprint density at radius 1 is 0.569 bits per heavy atom. The van der Waals surface area contributed by atoms with Crippen LogP contribution in [0.5, 0.6) is 0 Å². The monoisotopic (exact) mass is 718 g/mol. The fourth-order valence-electron chi connectivity index (χ4n) is 6.58. The fourth-order valence-corrected chi connectivity index (χ4v) is 6.58. The van der Waals surface area contributed by atoms with Crippen LogP contribution >= 0.6 is 0 Å². The van der Waals surface area contributed by atoms with Gasteiger partial charge in [-0.15, -0.1) is 0 Å². The first kappa shape index (κ1) is 46.9. The van der Waals surface area contributed by atoms with Crippen molar-refractivity contribution < 1.29 is 28.6 Å². The van der Waals surface area contributed by atoms with Crippen molar-refractivity contribution in [2.24, 2.45) is 0 Å². The van der Waals surface area contributed by atoms with E-state index >= 15 is 0 Å². The van der Waals surface area contributed by atoms with Crippen molar-refractivity contribution in [1.29, 1.82) is 0 Å². The van der Waals surface area contributed by atoms with Gasteiger partial charge in [-0.2, -0.15) is 0 Å². The highest BCUT2D eigenvalue weighted by Crippen LogP contribution is 2.18. The van der Waals surface area contributed by atoms with Crippen LogP contribution in [0, 0.1) is 0 Å². The number of hydrogen-bond acceptors (Lipinski definition) is 7. The van der Waals surface area contributed by atoms with Crippen LogP contribution in [0.25, 0.3) is 0 Å². The molecule has 0 bridgehead atoms.